The number of aliphatic hydroxyl groups is 4. The molecular weight excluding hydrogens is 364 g/mol. The first kappa shape index (κ1) is 21.5. The van der Waals surface area contributed by atoms with Gasteiger partial charge in [0, 0.05) is 18.3 Å². The summed E-state index contributed by atoms with van der Waals surface area (Å²) in [5.41, 5.74) is 0.128. The van der Waals surface area contributed by atoms with Crippen molar-refractivity contribution in [1.82, 2.24) is 0 Å². The molecule has 2 heterocycles. The van der Waals surface area contributed by atoms with Crippen molar-refractivity contribution in [2.75, 3.05) is 13.7 Å². The zero-order valence-corrected chi connectivity index (χ0v) is 14.7. The maximum Gasteiger partial charge on any atom is 0.337 e. The average molecular weight is 388 g/mol. The number of ether oxygens (including phenoxy) is 4. The molecule has 0 radical (unpaired) electrons. The zero-order chi connectivity index (χ0) is 20.1. The molecule has 0 aromatic carbocycles. The highest BCUT2D eigenvalue weighted by atomic mass is 16.8. The lowest BCUT2D eigenvalue weighted by Crippen LogP contribution is -2.60. The number of aldehydes is 1. The molecule has 2 rings (SSSR count). The number of esters is 1. The topological polar surface area (TPSA) is 152 Å². The summed E-state index contributed by atoms with van der Waals surface area (Å²) < 4.78 is 21.0. The molecule has 2 aliphatic rings. The highest BCUT2D eigenvalue weighted by Gasteiger charge is 2.47. The molecule has 2 aliphatic heterocycles. The van der Waals surface area contributed by atoms with Crippen molar-refractivity contribution < 1.29 is 49.0 Å². The molecule has 8 atom stereocenters. The van der Waals surface area contributed by atoms with Crippen molar-refractivity contribution in [2.45, 2.75) is 43.4 Å². The van der Waals surface area contributed by atoms with E-state index >= 15 is 0 Å². The minimum atomic E-state index is -1.62. The molecule has 0 aromatic rings. The van der Waals surface area contributed by atoms with Gasteiger partial charge in [-0.1, -0.05) is 6.08 Å². The summed E-state index contributed by atoms with van der Waals surface area (Å²) in [6.07, 6.45) is -5.31. The molecule has 0 aliphatic carbocycles. The van der Waals surface area contributed by atoms with E-state index in [1.807, 2.05) is 0 Å². The summed E-state index contributed by atoms with van der Waals surface area (Å²) in [6.45, 7) is 3.06. The number of rotatable bonds is 7. The van der Waals surface area contributed by atoms with Crippen LogP contribution in [0.5, 0.6) is 0 Å². The molecular formula is C17H24O10. The van der Waals surface area contributed by atoms with Gasteiger partial charge in [0.2, 0.25) is 6.29 Å². The molecule has 10 heteroatoms. The molecule has 27 heavy (non-hydrogen) atoms. The fraction of sp³-hybridized carbons (Fsp3) is 0.647. The first-order valence-corrected chi connectivity index (χ1v) is 8.35. The number of carbonyl (C=O) groups is 2. The summed E-state index contributed by atoms with van der Waals surface area (Å²) in [4.78, 5) is 23.0. The SMILES string of the molecule is C=C[C@H]1[C@H](O[C@@H]2O[C@H](CO)[C@@H](O)[C@@H](O)[C@H]2O)OC=C(C(=O)OC)[C@H]1CC=O. The maximum absolute atomic E-state index is 11.9. The lowest BCUT2D eigenvalue weighted by Gasteiger charge is -2.42. The van der Waals surface area contributed by atoms with E-state index in [1.54, 1.807) is 0 Å². The van der Waals surface area contributed by atoms with Gasteiger partial charge in [0.25, 0.3) is 0 Å². The Morgan fingerprint density at radius 1 is 1.26 bits per heavy atom. The van der Waals surface area contributed by atoms with E-state index < -0.39 is 61.4 Å². The van der Waals surface area contributed by atoms with Gasteiger partial charge in [-0.15, -0.1) is 6.58 Å². The number of hydrogen-bond donors (Lipinski definition) is 4. The van der Waals surface area contributed by atoms with Crippen LogP contribution in [0.3, 0.4) is 0 Å². The first-order valence-electron chi connectivity index (χ1n) is 8.35. The van der Waals surface area contributed by atoms with Crippen molar-refractivity contribution in [3.05, 3.63) is 24.5 Å². The van der Waals surface area contributed by atoms with E-state index in [-0.39, 0.29) is 12.0 Å². The van der Waals surface area contributed by atoms with Gasteiger partial charge in [-0.2, -0.15) is 0 Å². The van der Waals surface area contributed by atoms with Crippen LogP contribution in [-0.4, -0.2) is 83.4 Å². The summed E-state index contributed by atoms with van der Waals surface area (Å²) >= 11 is 0. The molecule has 1 fully saturated rings. The average Bonchev–Trinajstić information content (AvgIpc) is 2.68. The van der Waals surface area contributed by atoms with E-state index in [0.717, 1.165) is 6.26 Å². The van der Waals surface area contributed by atoms with E-state index in [1.165, 1.54) is 13.2 Å². The van der Waals surface area contributed by atoms with Crippen LogP contribution in [0.2, 0.25) is 0 Å². The third kappa shape index (κ3) is 4.37. The van der Waals surface area contributed by atoms with E-state index in [9.17, 15) is 30.0 Å². The molecule has 10 nitrogen and oxygen atoms in total. The molecule has 0 saturated carbocycles. The molecule has 4 N–H and O–H groups in total. The molecule has 0 spiro atoms. The highest BCUT2D eigenvalue weighted by molar-refractivity contribution is 5.89. The second-order valence-electron chi connectivity index (χ2n) is 6.22. The summed E-state index contributed by atoms with van der Waals surface area (Å²) in [6, 6.07) is 0. The minimum Gasteiger partial charge on any atom is -0.471 e. The maximum atomic E-state index is 11.9. The van der Waals surface area contributed by atoms with Crippen molar-refractivity contribution >= 4 is 12.3 Å². The Balaban J connectivity index is 2.22. The third-order valence-corrected chi connectivity index (χ3v) is 4.67. The van der Waals surface area contributed by atoms with Gasteiger partial charge >= 0.3 is 5.97 Å². The van der Waals surface area contributed by atoms with E-state index in [0.29, 0.717) is 6.29 Å². The summed E-state index contributed by atoms with van der Waals surface area (Å²) in [5.74, 6) is -1.99. The van der Waals surface area contributed by atoms with Gasteiger partial charge in [-0.3, -0.25) is 0 Å². The predicted octanol–water partition coefficient (Wildman–Crippen LogP) is -1.78. The number of carbonyl (C=O) groups excluding carboxylic acids is 2. The van der Waals surface area contributed by atoms with Gasteiger partial charge < -0.3 is 44.2 Å². The summed E-state index contributed by atoms with van der Waals surface area (Å²) in [5, 5.41) is 39.0. The van der Waals surface area contributed by atoms with Gasteiger partial charge in [0.1, 0.15) is 30.7 Å². The fourth-order valence-electron chi connectivity index (χ4n) is 3.13. The van der Waals surface area contributed by atoms with Gasteiger partial charge in [0.05, 0.1) is 25.6 Å². The van der Waals surface area contributed by atoms with Crippen molar-refractivity contribution in [3.63, 3.8) is 0 Å². The zero-order valence-electron chi connectivity index (χ0n) is 14.7. The Kier molecular flexibility index (Phi) is 7.48. The van der Waals surface area contributed by atoms with Crippen molar-refractivity contribution in [3.8, 4) is 0 Å². The standard InChI is InChI=1S/C17H24O10/c1-3-8-9(4-5-18)10(15(23)24-2)7-25-16(8)27-17-14(22)13(21)12(20)11(6-19)26-17/h3,5,7-9,11-14,16-17,19-22H,1,4,6H2,2H3/t8-,9+,11-,12-,13-,14-,16+,17+/m1/s1. The predicted molar refractivity (Wildman–Crippen MR) is 87.7 cm³/mol. The normalized spacial score (nSPS) is 39.1. The van der Waals surface area contributed by atoms with Crippen LogP contribution in [0.25, 0.3) is 0 Å². The minimum absolute atomic E-state index is 0.0322. The molecule has 0 bridgehead atoms. The van der Waals surface area contributed by atoms with Crippen LogP contribution in [0.4, 0.5) is 0 Å². The second-order valence-corrected chi connectivity index (χ2v) is 6.22. The van der Waals surface area contributed by atoms with Crippen LogP contribution >= 0.6 is 0 Å². The Bertz CT molecular complexity index is 574. The molecule has 0 amide bonds. The number of aliphatic hydroxyl groups excluding tert-OH is 4. The molecule has 1 saturated heterocycles. The Morgan fingerprint density at radius 3 is 2.52 bits per heavy atom. The quantitative estimate of drug-likeness (QED) is 0.224. The Morgan fingerprint density at radius 2 is 1.96 bits per heavy atom. The fourth-order valence-corrected chi connectivity index (χ4v) is 3.13. The van der Waals surface area contributed by atoms with Crippen molar-refractivity contribution in [1.29, 1.82) is 0 Å². The monoisotopic (exact) mass is 388 g/mol. The van der Waals surface area contributed by atoms with Crippen LogP contribution in [0.15, 0.2) is 24.5 Å². The molecule has 0 aromatic heterocycles. The first-order chi connectivity index (χ1) is 12.9. The number of methoxy groups -OCH3 is 1. The number of hydrogen-bond acceptors (Lipinski definition) is 10. The van der Waals surface area contributed by atoms with Crippen LogP contribution in [0.1, 0.15) is 6.42 Å². The Hall–Kier alpha value is -1.82. The molecule has 0 unspecified atom stereocenters. The lowest BCUT2D eigenvalue weighted by molar-refractivity contribution is -0.339. The largest absolute Gasteiger partial charge is 0.471 e. The van der Waals surface area contributed by atoms with Gasteiger partial charge in [0.15, 0.2) is 6.29 Å². The summed E-state index contributed by atoms with van der Waals surface area (Å²) in [7, 11) is 1.20. The van der Waals surface area contributed by atoms with Gasteiger partial charge in [-0.05, 0) is 0 Å². The van der Waals surface area contributed by atoms with E-state index in [4.69, 9.17) is 14.2 Å². The van der Waals surface area contributed by atoms with Gasteiger partial charge in [-0.25, -0.2) is 4.79 Å². The lowest BCUT2D eigenvalue weighted by atomic mass is 9.82. The third-order valence-electron chi connectivity index (χ3n) is 4.67. The van der Waals surface area contributed by atoms with Crippen molar-refractivity contribution in [2.24, 2.45) is 11.8 Å². The van der Waals surface area contributed by atoms with Crippen LogP contribution < -0.4 is 0 Å². The Labute approximate surface area is 155 Å². The van der Waals surface area contributed by atoms with Crippen LogP contribution in [-0.2, 0) is 28.5 Å². The highest BCUT2D eigenvalue weighted by Crippen LogP contribution is 2.36. The molecule has 152 valence electrons. The smallest absolute Gasteiger partial charge is 0.337 e. The van der Waals surface area contributed by atoms with E-state index in [2.05, 4.69) is 11.3 Å². The van der Waals surface area contributed by atoms with Crippen LogP contribution in [0, 0.1) is 11.8 Å². The second kappa shape index (κ2) is 9.40.